The first-order valence-corrected chi connectivity index (χ1v) is 5.63. The van der Waals surface area contributed by atoms with Gasteiger partial charge in [0.1, 0.15) is 5.76 Å². The summed E-state index contributed by atoms with van der Waals surface area (Å²) in [4.78, 5) is 0. The molecule has 0 saturated carbocycles. The summed E-state index contributed by atoms with van der Waals surface area (Å²) in [6, 6.07) is 12.0. The summed E-state index contributed by atoms with van der Waals surface area (Å²) in [5.74, 6) is 1.21. The van der Waals surface area contributed by atoms with Gasteiger partial charge in [-0.3, -0.25) is 0 Å². The van der Waals surface area contributed by atoms with Gasteiger partial charge in [-0.1, -0.05) is 24.3 Å². The van der Waals surface area contributed by atoms with Crippen LogP contribution in [0.15, 0.2) is 47.1 Å². The molecule has 0 aliphatic heterocycles. The minimum atomic E-state index is -0.346. The number of aliphatic hydroxyl groups is 1. The van der Waals surface area contributed by atoms with Crippen LogP contribution in [0, 0.1) is 5.92 Å². The molecule has 0 spiro atoms. The lowest BCUT2D eigenvalue weighted by Crippen LogP contribution is -2.09. The Morgan fingerprint density at radius 3 is 2.81 bits per heavy atom. The van der Waals surface area contributed by atoms with Crippen LogP contribution in [-0.4, -0.2) is 5.11 Å². The lowest BCUT2D eigenvalue weighted by molar-refractivity contribution is 0.120. The first-order chi connectivity index (χ1) is 7.84. The summed E-state index contributed by atoms with van der Waals surface area (Å²) in [5.41, 5.74) is 2.35. The van der Waals surface area contributed by atoms with Gasteiger partial charge in [0.25, 0.3) is 0 Å². The minimum Gasteiger partial charge on any atom is -0.469 e. The Kier molecular flexibility index (Phi) is 2.29. The van der Waals surface area contributed by atoms with Crippen molar-refractivity contribution in [1.29, 1.82) is 0 Å². The van der Waals surface area contributed by atoms with E-state index in [0.717, 1.165) is 24.2 Å². The monoisotopic (exact) mass is 214 g/mol. The van der Waals surface area contributed by atoms with Crippen molar-refractivity contribution in [2.75, 3.05) is 0 Å². The molecule has 2 unspecified atom stereocenters. The second kappa shape index (κ2) is 3.80. The molecule has 3 rings (SSSR count). The van der Waals surface area contributed by atoms with E-state index >= 15 is 0 Å². The Hall–Kier alpha value is -1.54. The summed E-state index contributed by atoms with van der Waals surface area (Å²) in [6.45, 7) is 0. The van der Waals surface area contributed by atoms with Crippen LogP contribution in [0.2, 0.25) is 0 Å². The van der Waals surface area contributed by atoms with Gasteiger partial charge >= 0.3 is 0 Å². The van der Waals surface area contributed by atoms with E-state index < -0.39 is 0 Å². The van der Waals surface area contributed by atoms with E-state index in [1.165, 1.54) is 5.56 Å². The highest BCUT2D eigenvalue weighted by molar-refractivity contribution is 5.34. The Labute approximate surface area is 94.5 Å². The molecule has 0 amide bonds. The maximum Gasteiger partial charge on any atom is 0.104 e. The fraction of sp³-hybridized carbons (Fsp3) is 0.286. The average Bonchev–Trinajstić information content (AvgIpc) is 2.90. The number of benzene rings is 1. The number of fused-ring (bicyclic) bond motifs is 1. The van der Waals surface area contributed by atoms with Gasteiger partial charge in [0, 0.05) is 12.3 Å². The lowest BCUT2D eigenvalue weighted by atomic mass is 9.98. The van der Waals surface area contributed by atoms with Crippen LogP contribution in [0.5, 0.6) is 0 Å². The van der Waals surface area contributed by atoms with Gasteiger partial charge in [-0.15, -0.1) is 0 Å². The largest absolute Gasteiger partial charge is 0.469 e. The Bertz CT molecular complexity index is 471. The molecular formula is C14H14O2. The van der Waals surface area contributed by atoms with Gasteiger partial charge in [0.05, 0.1) is 12.4 Å². The van der Waals surface area contributed by atoms with Gasteiger partial charge in [-0.2, -0.15) is 0 Å². The average molecular weight is 214 g/mol. The first kappa shape index (κ1) is 9.67. The molecule has 2 heteroatoms. The lowest BCUT2D eigenvalue weighted by Gasteiger charge is -2.13. The molecule has 1 aromatic carbocycles. The van der Waals surface area contributed by atoms with Crippen LogP contribution in [0.25, 0.3) is 0 Å². The molecular weight excluding hydrogens is 200 g/mol. The van der Waals surface area contributed by atoms with Gasteiger partial charge < -0.3 is 9.52 Å². The molecule has 0 radical (unpaired) electrons. The predicted octanol–water partition coefficient (Wildman–Crippen LogP) is 2.73. The molecule has 1 heterocycles. The SMILES string of the molecule is OC1c2ccccc2CC1Cc1ccco1. The number of hydrogen-bond donors (Lipinski definition) is 1. The van der Waals surface area contributed by atoms with E-state index in [9.17, 15) is 5.11 Å². The fourth-order valence-corrected chi connectivity index (χ4v) is 2.53. The number of hydrogen-bond acceptors (Lipinski definition) is 2. The second-order valence-corrected chi connectivity index (χ2v) is 4.39. The first-order valence-electron chi connectivity index (χ1n) is 5.63. The molecule has 2 nitrogen and oxygen atoms in total. The third-order valence-corrected chi connectivity index (χ3v) is 3.35. The molecule has 82 valence electrons. The highest BCUT2D eigenvalue weighted by Crippen LogP contribution is 2.37. The van der Waals surface area contributed by atoms with E-state index in [-0.39, 0.29) is 12.0 Å². The summed E-state index contributed by atoms with van der Waals surface area (Å²) in [6.07, 6.45) is 3.09. The van der Waals surface area contributed by atoms with Crippen LogP contribution in [-0.2, 0) is 12.8 Å². The van der Waals surface area contributed by atoms with Crippen LogP contribution >= 0.6 is 0 Å². The standard InChI is InChI=1S/C14H14O2/c15-14-11(9-12-5-3-7-16-12)8-10-4-1-2-6-13(10)14/h1-7,11,14-15H,8-9H2. The molecule has 0 bridgehead atoms. The molecule has 1 aliphatic rings. The Morgan fingerprint density at radius 2 is 2.06 bits per heavy atom. The van der Waals surface area contributed by atoms with Gasteiger partial charge in [0.15, 0.2) is 0 Å². The molecule has 0 fully saturated rings. The van der Waals surface area contributed by atoms with E-state index in [2.05, 4.69) is 6.07 Å². The van der Waals surface area contributed by atoms with Gasteiger partial charge in [0.2, 0.25) is 0 Å². The maximum absolute atomic E-state index is 10.2. The van der Waals surface area contributed by atoms with Gasteiger partial charge in [-0.25, -0.2) is 0 Å². The van der Waals surface area contributed by atoms with Crippen molar-refractivity contribution in [1.82, 2.24) is 0 Å². The van der Waals surface area contributed by atoms with Crippen LogP contribution in [0.4, 0.5) is 0 Å². The summed E-state index contributed by atoms with van der Waals surface area (Å²) in [5, 5.41) is 10.2. The smallest absolute Gasteiger partial charge is 0.104 e. The van der Waals surface area contributed by atoms with E-state index in [4.69, 9.17) is 4.42 Å². The van der Waals surface area contributed by atoms with Crippen molar-refractivity contribution >= 4 is 0 Å². The zero-order valence-corrected chi connectivity index (χ0v) is 8.97. The fourth-order valence-electron chi connectivity index (χ4n) is 2.53. The minimum absolute atomic E-state index is 0.253. The predicted molar refractivity (Wildman–Crippen MR) is 61.0 cm³/mol. The molecule has 1 aliphatic carbocycles. The normalized spacial score (nSPS) is 23.3. The summed E-state index contributed by atoms with van der Waals surface area (Å²) in [7, 11) is 0. The highest BCUT2D eigenvalue weighted by atomic mass is 16.3. The van der Waals surface area contributed by atoms with Crippen molar-refractivity contribution in [3.63, 3.8) is 0 Å². The molecule has 0 saturated heterocycles. The maximum atomic E-state index is 10.2. The van der Waals surface area contributed by atoms with Crippen LogP contribution in [0.3, 0.4) is 0 Å². The topological polar surface area (TPSA) is 33.4 Å². The highest BCUT2D eigenvalue weighted by Gasteiger charge is 2.30. The zero-order chi connectivity index (χ0) is 11.0. The van der Waals surface area contributed by atoms with Crippen LogP contribution in [0.1, 0.15) is 23.0 Å². The molecule has 1 N–H and O–H groups in total. The third kappa shape index (κ3) is 1.55. The zero-order valence-electron chi connectivity index (χ0n) is 8.97. The molecule has 1 aromatic heterocycles. The van der Waals surface area contributed by atoms with Crippen molar-refractivity contribution in [2.24, 2.45) is 5.92 Å². The Morgan fingerprint density at radius 1 is 1.19 bits per heavy atom. The third-order valence-electron chi connectivity index (χ3n) is 3.35. The molecule has 16 heavy (non-hydrogen) atoms. The summed E-state index contributed by atoms with van der Waals surface area (Å²) < 4.78 is 5.33. The van der Waals surface area contributed by atoms with Crippen molar-refractivity contribution in [3.8, 4) is 0 Å². The van der Waals surface area contributed by atoms with Crippen molar-refractivity contribution in [2.45, 2.75) is 18.9 Å². The Balaban J connectivity index is 1.82. The van der Waals surface area contributed by atoms with E-state index in [1.54, 1.807) is 6.26 Å². The van der Waals surface area contributed by atoms with Crippen molar-refractivity contribution in [3.05, 3.63) is 59.5 Å². The molecule has 2 aromatic rings. The number of furan rings is 1. The molecule has 2 atom stereocenters. The number of aliphatic hydroxyl groups excluding tert-OH is 1. The van der Waals surface area contributed by atoms with E-state index in [0.29, 0.717) is 0 Å². The van der Waals surface area contributed by atoms with Crippen molar-refractivity contribution < 1.29 is 9.52 Å². The quantitative estimate of drug-likeness (QED) is 0.833. The summed E-state index contributed by atoms with van der Waals surface area (Å²) >= 11 is 0. The second-order valence-electron chi connectivity index (χ2n) is 4.39. The number of rotatable bonds is 2. The van der Waals surface area contributed by atoms with E-state index in [1.807, 2.05) is 30.3 Å². The van der Waals surface area contributed by atoms with Gasteiger partial charge in [-0.05, 0) is 29.7 Å². The van der Waals surface area contributed by atoms with Crippen LogP contribution < -0.4 is 0 Å².